The lowest BCUT2D eigenvalue weighted by atomic mass is 9.97. The molecule has 0 fully saturated rings. The van der Waals surface area contributed by atoms with E-state index in [4.69, 9.17) is 16.7 Å². The number of carbonyl (C=O) groups excluding carboxylic acids is 1. The lowest BCUT2D eigenvalue weighted by Crippen LogP contribution is -2.15. The van der Waals surface area contributed by atoms with Gasteiger partial charge in [-0.25, -0.2) is 4.79 Å². The lowest BCUT2D eigenvalue weighted by Gasteiger charge is -2.13. The predicted molar refractivity (Wildman–Crippen MR) is 60.1 cm³/mol. The third-order valence-corrected chi connectivity index (χ3v) is 2.52. The molecule has 0 aliphatic rings. The van der Waals surface area contributed by atoms with Crippen LogP contribution in [0.3, 0.4) is 0 Å². The van der Waals surface area contributed by atoms with E-state index in [2.05, 4.69) is 0 Å². The summed E-state index contributed by atoms with van der Waals surface area (Å²) < 4.78 is 0. The Bertz CT molecular complexity index is 443. The van der Waals surface area contributed by atoms with E-state index in [-0.39, 0.29) is 35.0 Å². The smallest absolute Gasteiger partial charge is 0.337 e. The maximum absolute atomic E-state index is 11.2. The maximum Gasteiger partial charge on any atom is 0.337 e. The third kappa shape index (κ3) is 3.18. The Morgan fingerprint density at radius 3 is 2.53 bits per heavy atom. The molecule has 0 heterocycles. The second-order valence-corrected chi connectivity index (χ2v) is 3.71. The molecular formula is C11H11ClO5. The van der Waals surface area contributed by atoms with Crippen LogP contribution in [-0.2, 0) is 16.0 Å². The van der Waals surface area contributed by atoms with Gasteiger partial charge in [0, 0.05) is 12.0 Å². The lowest BCUT2D eigenvalue weighted by molar-refractivity contribution is -0.147. The number of aromatic hydroxyl groups is 1. The van der Waals surface area contributed by atoms with Crippen LogP contribution in [0, 0.1) is 0 Å². The number of aliphatic hydroxyl groups excluding tert-OH is 1. The molecule has 1 unspecified atom stereocenters. The fraction of sp³-hybridized carbons (Fsp3) is 0.273. The zero-order valence-corrected chi connectivity index (χ0v) is 9.52. The van der Waals surface area contributed by atoms with Crippen molar-refractivity contribution in [2.45, 2.75) is 12.5 Å². The number of ketones is 1. The molecule has 0 bridgehead atoms. The van der Waals surface area contributed by atoms with Gasteiger partial charge in [-0.05, 0) is 11.6 Å². The van der Waals surface area contributed by atoms with Crippen LogP contribution in [-0.4, -0.2) is 33.0 Å². The van der Waals surface area contributed by atoms with E-state index in [1.807, 2.05) is 0 Å². The highest BCUT2D eigenvalue weighted by Crippen LogP contribution is 2.28. The van der Waals surface area contributed by atoms with Gasteiger partial charge in [0.1, 0.15) is 5.75 Å². The summed E-state index contributed by atoms with van der Waals surface area (Å²) in [5, 5.41) is 27.7. The number of alkyl halides is 1. The zero-order chi connectivity index (χ0) is 13.0. The van der Waals surface area contributed by atoms with E-state index in [1.54, 1.807) is 0 Å². The van der Waals surface area contributed by atoms with Gasteiger partial charge in [0.15, 0.2) is 11.9 Å². The van der Waals surface area contributed by atoms with Crippen molar-refractivity contribution < 1.29 is 24.9 Å². The summed E-state index contributed by atoms with van der Waals surface area (Å²) >= 11 is 5.35. The van der Waals surface area contributed by atoms with E-state index < -0.39 is 12.1 Å². The van der Waals surface area contributed by atoms with Gasteiger partial charge < -0.3 is 15.3 Å². The predicted octanol–water partition coefficient (Wildman–Crippen LogP) is 0.861. The molecule has 5 nitrogen and oxygen atoms in total. The highest BCUT2D eigenvalue weighted by molar-refractivity contribution is 6.27. The number of carbonyl (C=O) groups is 2. The average molecular weight is 259 g/mol. The molecule has 17 heavy (non-hydrogen) atoms. The summed E-state index contributed by atoms with van der Waals surface area (Å²) in [6, 6.07) is 4.17. The molecule has 1 aromatic rings. The molecule has 0 saturated heterocycles. The number of benzene rings is 1. The fourth-order valence-electron chi connectivity index (χ4n) is 1.45. The molecule has 0 aliphatic heterocycles. The standard InChI is InChI=1S/C11H11ClO5/c12-5-7(13)4-6-2-1-3-8(14)9(6)10(15)11(16)17/h1-3,10,14-15H,4-5H2,(H,16,17). The van der Waals surface area contributed by atoms with Crippen molar-refractivity contribution in [2.24, 2.45) is 0 Å². The molecule has 1 rings (SSSR count). The van der Waals surface area contributed by atoms with Crippen molar-refractivity contribution in [1.29, 1.82) is 0 Å². The maximum atomic E-state index is 11.2. The van der Waals surface area contributed by atoms with E-state index in [9.17, 15) is 19.8 Å². The van der Waals surface area contributed by atoms with Crippen LogP contribution in [0.4, 0.5) is 0 Å². The second-order valence-electron chi connectivity index (χ2n) is 3.44. The van der Waals surface area contributed by atoms with Gasteiger partial charge in [0.05, 0.1) is 5.88 Å². The Balaban J connectivity index is 3.17. The number of phenols is 1. The van der Waals surface area contributed by atoms with Gasteiger partial charge in [0.25, 0.3) is 0 Å². The third-order valence-electron chi connectivity index (χ3n) is 2.22. The van der Waals surface area contributed by atoms with Gasteiger partial charge in [0.2, 0.25) is 0 Å². The van der Waals surface area contributed by atoms with Crippen molar-refractivity contribution in [2.75, 3.05) is 5.88 Å². The van der Waals surface area contributed by atoms with Crippen LogP contribution >= 0.6 is 11.6 Å². The van der Waals surface area contributed by atoms with E-state index in [0.717, 1.165) is 0 Å². The van der Waals surface area contributed by atoms with Gasteiger partial charge >= 0.3 is 5.97 Å². The summed E-state index contributed by atoms with van der Waals surface area (Å²) in [6.45, 7) is 0. The molecule has 0 aliphatic carbocycles. The first-order valence-corrected chi connectivity index (χ1v) is 5.30. The van der Waals surface area contributed by atoms with E-state index in [0.29, 0.717) is 0 Å². The molecule has 0 radical (unpaired) electrons. The van der Waals surface area contributed by atoms with Crippen molar-refractivity contribution in [1.82, 2.24) is 0 Å². The number of Topliss-reactive ketones (excluding diaryl/α,β-unsaturated/α-hetero) is 1. The Labute approximate surface area is 102 Å². The highest BCUT2D eigenvalue weighted by Gasteiger charge is 2.23. The minimum Gasteiger partial charge on any atom is -0.508 e. The Hall–Kier alpha value is -1.59. The van der Waals surface area contributed by atoms with Gasteiger partial charge in [-0.1, -0.05) is 12.1 Å². The molecule has 3 N–H and O–H groups in total. The first kappa shape index (κ1) is 13.5. The van der Waals surface area contributed by atoms with Crippen molar-refractivity contribution >= 4 is 23.4 Å². The number of hydrogen-bond donors (Lipinski definition) is 3. The topological polar surface area (TPSA) is 94.8 Å². The quantitative estimate of drug-likeness (QED) is 0.681. The van der Waals surface area contributed by atoms with Crippen LogP contribution < -0.4 is 0 Å². The molecule has 6 heteroatoms. The average Bonchev–Trinajstić information content (AvgIpc) is 2.28. The number of halogens is 1. The summed E-state index contributed by atoms with van der Waals surface area (Å²) in [5.74, 6) is -2.39. The van der Waals surface area contributed by atoms with Crippen LogP contribution in [0.25, 0.3) is 0 Å². The monoisotopic (exact) mass is 258 g/mol. The minimum absolute atomic E-state index is 0.127. The molecule has 0 aromatic heterocycles. The summed E-state index contributed by atoms with van der Waals surface area (Å²) in [5.41, 5.74) is 0.0871. The van der Waals surface area contributed by atoms with Gasteiger partial charge in [-0.3, -0.25) is 4.79 Å². The fourth-order valence-corrected chi connectivity index (χ4v) is 1.55. The first-order chi connectivity index (χ1) is 7.97. The zero-order valence-electron chi connectivity index (χ0n) is 8.76. The molecule has 0 amide bonds. The molecule has 1 atom stereocenters. The van der Waals surface area contributed by atoms with Crippen LogP contribution in [0.1, 0.15) is 17.2 Å². The number of aliphatic hydroxyl groups is 1. The van der Waals surface area contributed by atoms with E-state index >= 15 is 0 Å². The van der Waals surface area contributed by atoms with Gasteiger partial charge in [-0.15, -0.1) is 11.6 Å². The van der Waals surface area contributed by atoms with Crippen molar-refractivity contribution in [3.05, 3.63) is 29.3 Å². The normalized spacial score (nSPS) is 12.1. The number of phenolic OH excluding ortho intramolecular Hbond substituents is 1. The highest BCUT2D eigenvalue weighted by atomic mass is 35.5. The summed E-state index contributed by atoms with van der Waals surface area (Å²) in [4.78, 5) is 21.9. The molecule has 92 valence electrons. The molecule has 1 aromatic carbocycles. The first-order valence-electron chi connectivity index (χ1n) is 4.76. The second kappa shape index (κ2) is 5.65. The largest absolute Gasteiger partial charge is 0.508 e. The Kier molecular flexibility index (Phi) is 4.48. The molecule has 0 spiro atoms. The Morgan fingerprint density at radius 2 is 2.00 bits per heavy atom. The van der Waals surface area contributed by atoms with E-state index in [1.165, 1.54) is 18.2 Å². The molecular weight excluding hydrogens is 248 g/mol. The minimum atomic E-state index is -1.87. The summed E-state index contributed by atoms with van der Waals surface area (Å²) in [6.07, 6.45) is -1.99. The number of rotatable bonds is 5. The van der Waals surface area contributed by atoms with Crippen LogP contribution in [0.15, 0.2) is 18.2 Å². The number of hydrogen-bond acceptors (Lipinski definition) is 4. The van der Waals surface area contributed by atoms with Crippen molar-refractivity contribution in [3.63, 3.8) is 0 Å². The number of carboxylic acids is 1. The Morgan fingerprint density at radius 1 is 1.35 bits per heavy atom. The van der Waals surface area contributed by atoms with Crippen LogP contribution in [0.2, 0.25) is 0 Å². The SMILES string of the molecule is O=C(CCl)Cc1cccc(O)c1C(O)C(=O)O. The number of aliphatic carboxylic acids is 1. The van der Waals surface area contributed by atoms with Crippen molar-refractivity contribution in [3.8, 4) is 5.75 Å². The van der Waals surface area contributed by atoms with Gasteiger partial charge in [-0.2, -0.15) is 0 Å². The van der Waals surface area contributed by atoms with Crippen LogP contribution in [0.5, 0.6) is 5.75 Å². The summed E-state index contributed by atoms with van der Waals surface area (Å²) in [7, 11) is 0. The molecule has 0 saturated carbocycles. The number of carboxylic acid groups (broad SMARTS) is 1.